The van der Waals surface area contributed by atoms with Crippen LogP contribution in [-0.4, -0.2) is 35.4 Å². The van der Waals surface area contributed by atoms with E-state index in [0.29, 0.717) is 29.3 Å². The summed E-state index contributed by atoms with van der Waals surface area (Å²) in [7, 11) is 0. The van der Waals surface area contributed by atoms with Crippen molar-refractivity contribution in [2.75, 3.05) is 19.6 Å². The maximum absolute atomic E-state index is 12.2. The Labute approximate surface area is 152 Å². The maximum Gasteiger partial charge on any atom is 0.252 e. The first-order valence-corrected chi connectivity index (χ1v) is 8.53. The number of pyridine rings is 1. The second kappa shape index (κ2) is 8.24. The number of nitrogens with zero attached hydrogens (tertiary/aromatic N) is 4. The molecule has 0 bridgehead atoms. The summed E-state index contributed by atoms with van der Waals surface area (Å²) >= 11 is 0. The lowest BCUT2D eigenvalue weighted by molar-refractivity contribution is 0.0947. The molecule has 130 valence electrons. The molecule has 26 heavy (non-hydrogen) atoms. The minimum Gasteiger partial charge on any atom is -0.352 e. The van der Waals surface area contributed by atoms with Gasteiger partial charge in [-0.15, -0.1) is 0 Å². The molecule has 1 saturated heterocycles. The average molecular weight is 345 g/mol. The van der Waals surface area contributed by atoms with Crippen molar-refractivity contribution in [3.05, 3.63) is 65.0 Å². The van der Waals surface area contributed by atoms with Crippen LogP contribution in [0.2, 0.25) is 0 Å². The van der Waals surface area contributed by atoms with E-state index in [0.717, 1.165) is 31.6 Å². The molecule has 1 amide bonds. The first-order chi connectivity index (χ1) is 12.7. The molecule has 0 aliphatic carbocycles. The number of nitrogens with one attached hydrogen (secondary N) is 1. The van der Waals surface area contributed by atoms with Crippen molar-refractivity contribution in [2.24, 2.45) is 5.92 Å². The number of benzene rings is 1. The Kier molecular flexibility index (Phi) is 5.58. The van der Waals surface area contributed by atoms with Gasteiger partial charge >= 0.3 is 0 Å². The lowest BCUT2D eigenvalue weighted by Crippen LogP contribution is -2.31. The van der Waals surface area contributed by atoms with E-state index in [1.165, 1.54) is 6.20 Å². The zero-order chi connectivity index (χ0) is 18.4. The van der Waals surface area contributed by atoms with E-state index in [4.69, 9.17) is 10.5 Å². The largest absolute Gasteiger partial charge is 0.352 e. The van der Waals surface area contributed by atoms with Crippen LogP contribution in [0.1, 0.15) is 33.6 Å². The highest BCUT2D eigenvalue weighted by atomic mass is 16.1. The van der Waals surface area contributed by atoms with Crippen LogP contribution in [0.15, 0.2) is 42.6 Å². The van der Waals surface area contributed by atoms with Crippen molar-refractivity contribution < 1.29 is 4.79 Å². The van der Waals surface area contributed by atoms with E-state index in [1.807, 2.05) is 30.3 Å². The standard InChI is InChI=1S/C20H19N5O/c21-9-15-2-1-3-16(8-15)13-25-7-6-17(14-25)11-24-20(26)18-4-5-19(10-22)23-12-18/h1-5,8,12,17H,6-7,11,13-14H2,(H,24,26). The van der Waals surface area contributed by atoms with Crippen LogP contribution in [0, 0.1) is 28.6 Å². The number of hydrogen-bond acceptors (Lipinski definition) is 5. The Morgan fingerprint density at radius 2 is 2.15 bits per heavy atom. The molecule has 1 aromatic carbocycles. The van der Waals surface area contributed by atoms with Crippen molar-refractivity contribution in [1.82, 2.24) is 15.2 Å². The van der Waals surface area contributed by atoms with Crippen LogP contribution in [0.5, 0.6) is 0 Å². The Bertz CT molecular complexity index is 863. The first-order valence-electron chi connectivity index (χ1n) is 8.53. The summed E-state index contributed by atoms with van der Waals surface area (Å²) in [5.74, 6) is 0.242. The lowest BCUT2D eigenvalue weighted by Gasteiger charge is -2.16. The highest BCUT2D eigenvalue weighted by Gasteiger charge is 2.23. The molecule has 1 aromatic heterocycles. The SMILES string of the molecule is N#Cc1cccc(CN2CCC(CNC(=O)c3ccc(C#N)nc3)C2)c1. The number of aromatic nitrogens is 1. The molecule has 1 fully saturated rings. The number of rotatable bonds is 5. The maximum atomic E-state index is 12.2. The Balaban J connectivity index is 1.47. The molecule has 1 aliphatic rings. The molecular weight excluding hydrogens is 326 g/mol. The number of carbonyl (C=O) groups excluding carboxylic acids is 1. The van der Waals surface area contributed by atoms with E-state index in [9.17, 15) is 4.79 Å². The van der Waals surface area contributed by atoms with Crippen molar-refractivity contribution in [1.29, 1.82) is 10.5 Å². The molecule has 1 atom stereocenters. The summed E-state index contributed by atoms with van der Waals surface area (Å²) < 4.78 is 0. The highest BCUT2D eigenvalue weighted by Crippen LogP contribution is 2.18. The van der Waals surface area contributed by atoms with Crippen molar-refractivity contribution >= 4 is 5.91 Å². The van der Waals surface area contributed by atoms with E-state index in [-0.39, 0.29) is 5.91 Å². The van der Waals surface area contributed by atoms with Gasteiger partial charge in [0, 0.05) is 25.8 Å². The van der Waals surface area contributed by atoms with Crippen molar-refractivity contribution in [3.63, 3.8) is 0 Å². The second-order valence-corrected chi connectivity index (χ2v) is 6.46. The predicted octanol–water partition coefficient (Wildman–Crippen LogP) is 2.08. The van der Waals surface area contributed by atoms with E-state index >= 15 is 0 Å². The Morgan fingerprint density at radius 1 is 1.27 bits per heavy atom. The molecule has 6 heteroatoms. The Morgan fingerprint density at radius 3 is 2.88 bits per heavy atom. The smallest absolute Gasteiger partial charge is 0.252 e. The first kappa shape index (κ1) is 17.6. The second-order valence-electron chi connectivity index (χ2n) is 6.46. The van der Waals surface area contributed by atoms with E-state index < -0.39 is 0 Å². The fourth-order valence-electron chi connectivity index (χ4n) is 3.15. The lowest BCUT2D eigenvalue weighted by atomic mass is 10.1. The summed E-state index contributed by atoms with van der Waals surface area (Å²) in [6.45, 7) is 3.34. The van der Waals surface area contributed by atoms with Gasteiger partial charge in [-0.2, -0.15) is 10.5 Å². The fraction of sp³-hybridized carbons (Fsp3) is 0.300. The van der Waals surface area contributed by atoms with Gasteiger partial charge in [-0.05, 0) is 48.7 Å². The van der Waals surface area contributed by atoms with Gasteiger partial charge in [0.1, 0.15) is 11.8 Å². The molecule has 0 saturated carbocycles. The van der Waals surface area contributed by atoms with Crippen LogP contribution < -0.4 is 5.32 Å². The van der Waals surface area contributed by atoms with Crippen LogP contribution in [0.25, 0.3) is 0 Å². The number of hydrogen-bond donors (Lipinski definition) is 1. The number of nitriles is 2. The quantitative estimate of drug-likeness (QED) is 0.895. The third kappa shape index (κ3) is 4.44. The van der Waals surface area contributed by atoms with Crippen LogP contribution in [0.3, 0.4) is 0 Å². The third-order valence-corrected chi connectivity index (χ3v) is 4.52. The summed E-state index contributed by atoms with van der Waals surface area (Å²) in [6, 6.07) is 14.9. The van der Waals surface area contributed by atoms with Gasteiger partial charge in [0.05, 0.1) is 17.2 Å². The molecule has 6 nitrogen and oxygen atoms in total. The third-order valence-electron chi connectivity index (χ3n) is 4.52. The number of amides is 1. The molecular formula is C20H19N5O. The summed E-state index contributed by atoms with van der Waals surface area (Å²) in [4.78, 5) is 18.4. The zero-order valence-electron chi connectivity index (χ0n) is 14.4. The van der Waals surface area contributed by atoms with Crippen LogP contribution >= 0.6 is 0 Å². The monoisotopic (exact) mass is 345 g/mol. The molecule has 0 spiro atoms. The molecule has 0 radical (unpaired) electrons. The number of likely N-dealkylation sites (tertiary alicyclic amines) is 1. The van der Waals surface area contributed by atoms with Crippen molar-refractivity contribution in [3.8, 4) is 12.1 Å². The predicted molar refractivity (Wildman–Crippen MR) is 95.8 cm³/mol. The van der Waals surface area contributed by atoms with Crippen LogP contribution in [-0.2, 0) is 6.54 Å². The molecule has 1 unspecified atom stereocenters. The van der Waals surface area contributed by atoms with Gasteiger partial charge in [-0.1, -0.05) is 12.1 Å². The summed E-state index contributed by atoms with van der Waals surface area (Å²) in [5, 5.41) is 20.7. The zero-order valence-corrected chi connectivity index (χ0v) is 14.4. The number of carbonyl (C=O) groups is 1. The molecule has 1 N–H and O–H groups in total. The van der Waals surface area contributed by atoms with Crippen LogP contribution in [0.4, 0.5) is 0 Å². The van der Waals surface area contributed by atoms with Gasteiger partial charge < -0.3 is 5.32 Å². The van der Waals surface area contributed by atoms with E-state index in [1.54, 1.807) is 12.1 Å². The molecule has 2 aromatic rings. The summed E-state index contributed by atoms with van der Waals surface area (Å²) in [6.07, 6.45) is 2.46. The topological polar surface area (TPSA) is 92.8 Å². The van der Waals surface area contributed by atoms with Gasteiger partial charge in [0.2, 0.25) is 0 Å². The minimum absolute atomic E-state index is 0.165. The fourth-order valence-corrected chi connectivity index (χ4v) is 3.15. The van der Waals surface area contributed by atoms with Gasteiger partial charge in [-0.3, -0.25) is 9.69 Å². The highest BCUT2D eigenvalue weighted by molar-refractivity contribution is 5.93. The molecule has 3 rings (SSSR count). The van der Waals surface area contributed by atoms with Gasteiger partial charge in [-0.25, -0.2) is 4.98 Å². The van der Waals surface area contributed by atoms with Gasteiger partial charge in [0.15, 0.2) is 0 Å². The minimum atomic E-state index is -0.165. The van der Waals surface area contributed by atoms with E-state index in [2.05, 4.69) is 21.3 Å². The van der Waals surface area contributed by atoms with Crippen molar-refractivity contribution in [2.45, 2.75) is 13.0 Å². The Hall–Kier alpha value is -3.22. The molecule has 2 heterocycles. The normalized spacial score (nSPS) is 16.6. The average Bonchev–Trinajstić information content (AvgIpc) is 3.13. The van der Waals surface area contributed by atoms with Gasteiger partial charge in [0.25, 0.3) is 5.91 Å². The summed E-state index contributed by atoms with van der Waals surface area (Å²) in [5.41, 5.74) is 2.58. The molecule has 1 aliphatic heterocycles.